The van der Waals surface area contributed by atoms with Gasteiger partial charge in [0.15, 0.2) is 0 Å². The van der Waals surface area contributed by atoms with Crippen molar-refractivity contribution < 1.29 is 13.6 Å². The van der Waals surface area contributed by atoms with Crippen molar-refractivity contribution in [3.63, 3.8) is 0 Å². The summed E-state index contributed by atoms with van der Waals surface area (Å²) in [6.45, 7) is 5.71. The lowest BCUT2D eigenvalue weighted by Crippen LogP contribution is -2.06. The molecule has 7 heteroatoms. The maximum Gasteiger partial charge on any atom is 0.376 e. The van der Waals surface area contributed by atoms with E-state index in [0.717, 1.165) is 5.69 Å². The third kappa shape index (κ3) is 4.96. The second-order valence-corrected chi connectivity index (χ2v) is 6.21. The maximum atomic E-state index is 12.4. The van der Waals surface area contributed by atoms with Gasteiger partial charge >= 0.3 is 7.60 Å². The number of rotatable bonds is 7. The van der Waals surface area contributed by atoms with E-state index < -0.39 is 7.60 Å². The molecule has 0 unspecified atom stereocenters. The van der Waals surface area contributed by atoms with Gasteiger partial charge in [0.05, 0.1) is 18.9 Å². The van der Waals surface area contributed by atoms with Crippen LogP contribution in [0.1, 0.15) is 20.8 Å². The van der Waals surface area contributed by atoms with Crippen molar-refractivity contribution in [2.75, 3.05) is 18.6 Å². The van der Waals surface area contributed by atoms with Crippen molar-refractivity contribution >= 4 is 30.3 Å². The zero-order valence-corrected chi connectivity index (χ0v) is 12.9. The zero-order valence-electron chi connectivity index (χ0n) is 11.2. The Morgan fingerprint density at radius 1 is 1.26 bits per heavy atom. The highest BCUT2D eigenvalue weighted by Gasteiger charge is 2.28. The fourth-order valence-corrected chi connectivity index (χ4v) is 2.72. The van der Waals surface area contributed by atoms with Gasteiger partial charge in [-0.05, 0) is 45.0 Å². The molecule has 0 fully saturated rings. The molecule has 0 aromatic heterocycles. The van der Waals surface area contributed by atoms with Gasteiger partial charge < -0.3 is 9.05 Å². The Hall–Kier alpha value is -0.870. The van der Waals surface area contributed by atoms with Crippen molar-refractivity contribution in [3.05, 3.63) is 29.3 Å². The molecule has 0 bridgehead atoms. The van der Waals surface area contributed by atoms with Gasteiger partial charge in [0.25, 0.3) is 0 Å². The van der Waals surface area contributed by atoms with E-state index in [4.69, 9.17) is 20.6 Å². The maximum absolute atomic E-state index is 12.4. The highest BCUT2D eigenvalue weighted by molar-refractivity contribution is 7.72. The van der Waals surface area contributed by atoms with Crippen molar-refractivity contribution in [1.82, 2.24) is 0 Å². The first-order chi connectivity index (χ1) is 9.01. The summed E-state index contributed by atoms with van der Waals surface area (Å²) in [4.78, 5) is 0. The summed E-state index contributed by atoms with van der Waals surface area (Å²) in [7, 11) is -3.30. The largest absolute Gasteiger partial charge is 0.376 e. The molecule has 0 aliphatic carbocycles. The number of benzene rings is 1. The van der Waals surface area contributed by atoms with Gasteiger partial charge in [-0.2, -0.15) is 5.10 Å². The summed E-state index contributed by atoms with van der Waals surface area (Å²) < 4.78 is 22.7. The fourth-order valence-electron chi connectivity index (χ4n) is 1.30. The Bertz CT molecular complexity index is 466. The lowest BCUT2D eigenvalue weighted by molar-refractivity contribution is 0.232. The zero-order chi connectivity index (χ0) is 14.3. The summed E-state index contributed by atoms with van der Waals surface area (Å²) in [5, 5.41) is 4.68. The summed E-state index contributed by atoms with van der Waals surface area (Å²) in [6.07, 6.45) is 0. The number of hydrogen-bond acceptors (Lipinski definition) is 5. The summed E-state index contributed by atoms with van der Waals surface area (Å²) in [5.74, 6) is 0. The Morgan fingerprint density at radius 3 is 2.26 bits per heavy atom. The van der Waals surface area contributed by atoms with Crippen molar-refractivity contribution in [1.29, 1.82) is 0 Å². The molecule has 1 rings (SSSR count). The molecule has 0 amide bonds. The third-order valence-electron chi connectivity index (χ3n) is 2.19. The summed E-state index contributed by atoms with van der Waals surface area (Å²) in [6, 6.07) is 7.01. The average molecular weight is 305 g/mol. The molecule has 0 spiro atoms. The molecule has 0 aliphatic rings. The topological polar surface area (TPSA) is 59.9 Å². The van der Waals surface area contributed by atoms with E-state index in [-0.39, 0.29) is 5.45 Å². The molecule has 0 saturated heterocycles. The van der Waals surface area contributed by atoms with Gasteiger partial charge in [0.2, 0.25) is 0 Å². The van der Waals surface area contributed by atoms with Crippen LogP contribution < -0.4 is 5.43 Å². The lowest BCUT2D eigenvalue weighted by atomic mass is 10.3. The van der Waals surface area contributed by atoms with Crippen LogP contribution in [0.25, 0.3) is 0 Å². The fraction of sp³-hybridized carbons (Fsp3) is 0.417. The molecule has 0 aliphatic heterocycles. The van der Waals surface area contributed by atoms with E-state index in [1.807, 2.05) is 0 Å². The van der Waals surface area contributed by atoms with Gasteiger partial charge in [-0.15, -0.1) is 0 Å². The highest BCUT2D eigenvalue weighted by atomic mass is 35.5. The summed E-state index contributed by atoms with van der Waals surface area (Å²) in [5.41, 5.74) is 3.81. The van der Waals surface area contributed by atoms with E-state index in [1.54, 1.807) is 45.0 Å². The van der Waals surface area contributed by atoms with E-state index >= 15 is 0 Å². The Labute approximate surface area is 118 Å². The molecule has 5 nitrogen and oxygen atoms in total. The molecule has 106 valence electrons. The van der Waals surface area contributed by atoms with E-state index in [9.17, 15) is 4.57 Å². The smallest absolute Gasteiger partial charge is 0.305 e. The molecular weight excluding hydrogens is 287 g/mol. The Kier molecular flexibility index (Phi) is 6.52. The molecule has 19 heavy (non-hydrogen) atoms. The van der Waals surface area contributed by atoms with E-state index in [2.05, 4.69) is 10.5 Å². The van der Waals surface area contributed by atoms with Crippen molar-refractivity contribution in [2.45, 2.75) is 20.8 Å². The van der Waals surface area contributed by atoms with Gasteiger partial charge in [-0.1, -0.05) is 11.6 Å². The van der Waals surface area contributed by atoms with Crippen molar-refractivity contribution in [2.24, 2.45) is 5.10 Å². The monoisotopic (exact) mass is 304 g/mol. The summed E-state index contributed by atoms with van der Waals surface area (Å²) >= 11 is 5.78. The quantitative estimate of drug-likeness (QED) is 0.462. The molecule has 1 aromatic rings. The highest BCUT2D eigenvalue weighted by Crippen LogP contribution is 2.49. The molecule has 0 radical (unpaired) electrons. The van der Waals surface area contributed by atoms with Gasteiger partial charge in [-0.25, -0.2) is 0 Å². The first-order valence-electron chi connectivity index (χ1n) is 5.97. The number of nitrogens with zero attached hydrogens (tertiary/aromatic N) is 1. The first kappa shape index (κ1) is 16.2. The molecule has 1 aromatic carbocycles. The van der Waals surface area contributed by atoms with Gasteiger partial charge in [-0.3, -0.25) is 9.99 Å². The van der Waals surface area contributed by atoms with Crippen LogP contribution in [-0.2, 0) is 13.6 Å². The van der Waals surface area contributed by atoms with Crippen LogP contribution in [0.2, 0.25) is 5.02 Å². The van der Waals surface area contributed by atoms with Crippen LogP contribution in [0.15, 0.2) is 29.4 Å². The third-order valence-corrected chi connectivity index (χ3v) is 4.53. The molecule has 0 heterocycles. The van der Waals surface area contributed by atoms with E-state index in [1.165, 1.54) is 0 Å². The molecular formula is C12H18ClN2O3P. The average Bonchev–Trinajstić information content (AvgIpc) is 2.38. The molecule has 1 N–H and O–H groups in total. The predicted molar refractivity (Wildman–Crippen MR) is 79.0 cm³/mol. The van der Waals surface area contributed by atoms with Crippen LogP contribution >= 0.6 is 19.2 Å². The van der Waals surface area contributed by atoms with Crippen LogP contribution in [0, 0.1) is 0 Å². The van der Waals surface area contributed by atoms with Gasteiger partial charge in [0, 0.05) is 5.02 Å². The number of hydrogen-bond donors (Lipinski definition) is 1. The number of anilines is 1. The van der Waals surface area contributed by atoms with E-state index in [0.29, 0.717) is 18.2 Å². The SMILES string of the molecule is CCOP(=O)(OCC)/C(C)=N/Nc1ccc(Cl)cc1. The molecule has 0 atom stereocenters. The number of halogens is 1. The number of hydrazone groups is 1. The van der Waals surface area contributed by atoms with Gasteiger partial charge in [0.1, 0.15) is 5.45 Å². The minimum absolute atomic E-state index is 0.283. The van der Waals surface area contributed by atoms with Crippen LogP contribution in [0.5, 0.6) is 0 Å². The van der Waals surface area contributed by atoms with Crippen LogP contribution in [0.3, 0.4) is 0 Å². The normalized spacial score (nSPS) is 12.5. The minimum atomic E-state index is -3.30. The first-order valence-corrected chi connectivity index (χ1v) is 7.89. The predicted octanol–water partition coefficient (Wildman–Crippen LogP) is 4.35. The van der Waals surface area contributed by atoms with Crippen LogP contribution in [0.4, 0.5) is 5.69 Å². The Morgan fingerprint density at radius 2 is 1.79 bits per heavy atom. The Balaban J connectivity index is 2.79. The second kappa shape index (κ2) is 7.65. The molecule has 0 saturated carbocycles. The van der Waals surface area contributed by atoms with Crippen LogP contribution in [-0.4, -0.2) is 18.7 Å². The second-order valence-electron chi connectivity index (χ2n) is 3.61. The standard InChI is InChI=1S/C12H18ClN2O3P/c1-4-17-19(16,18-5-2)10(3)14-15-12-8-6-11(13)7-9-12/h6-9,15H,4-5H2,1-3H3/b14-10+. The minimum Gasteiger partial charge on any atom is -0.305 e. The lowest BCUT2D eigenvalue weighted by Gasteiger charge is -2.16. The number of nitrogens with one attached hydrogen (secondary N) is 1. The van der Waals surface area contributed by atoms with Crippen molar-refractivity contribution in [3.8, 4) is 0 Å².